The van der Waals surface area contributed by atoms with Gasteiger partial charge in [-0.15, -0.1) is 0 Å². The van der Waals surface area contributed by atoms with Crippen molar-refractivity contribution in [1.29, 1.82) is 10.5 Å². The fourth-order valence-electron chi connectivity index (χ4n) is 4.29. The molecule has 0 atom stereocenters. The minimum absolute atomic E-state index is 0.0864. The second-order valence-electron chi connectivity index (χ2n) is 7.89. The van der Waals surface area contributed by atoms with Gasteiger partial charge in [0.15, 0.2) is 0 Å². The lowest BCUT2D eigenvalue weighted by atomic mass is 9.98. The third-order valence-electron chi connectivity index (χ3n) is 5.96. The van der Waals surface area contributed by atoms with Gasteiger partial charge in [-0.1, -0.05) is 24.3 Å². The summed E-state index contributed by atoms with van der Waals surface area (Å²) in [6.45, 7) is 1.51. The summed E-state index contributed by atoms with van der Waals surface area (Å²) in [7, 11) is 1.91. The van der Waals surface area contributed by atoms with Gasteiger partial charge in [-0.25, -0.2) is 4.98 Å². The van der Waals surface area contributed by atoms with E-state index in [0.717, 1.165) is 59.8 Å². The average molecular weight is 407 g/mol. The van der Waals surface area contributed by atoms with E-state index in [-0.39, 0.29) is 5.92 Å². The molecule has 5 rings (SSSR count). The molecule has 7 heteroatoms. The number of hydrogen-bond donors (Lipinski definition) is 0. The molecule has 4 heterocycles. The molecule has 152 valence electrons. The van der Waals surface area contributed by atoms with Gasteiger partial charge in [0.2, 0.25) is 0 Å². The summed E-state index contributed by atoms with van der Waals surface area (Å²) in [6.07, 6.45) is 7.32. The molecule has 0 amide bonds. The molecule has 3 aromatic heterocycles. The number of pyridine rings is 1. The van der Waals surface area contributed by atoms with Crippen molar-refractivity contribution in [3.05, 3.63) is 60.6 Å². The Balaban J connectivity index is 1.59. The maximum Gasteiger partial charge on any atom is 0.138 e. The van der Waals surface area contributed by atoms with Crippen LogP contribution in [0.4, 0.5) is 5.82 Å². The van der Waals surface area contributed by atoms with Crippen molar-refractivity contribution in [3.63, 3.8) is 0 Å². The fourth-order valence-corrected chi connectivity index (χ4v) is 4.29. The lowest BCUT2D eigenvalue weighted by molar-refractivity contribution is 0.484. The molecule has 1 aliphatic heterocycles. The third-order valence-corrected chi connectivity index (χ3v) is 5.96. The molecule has 1 saturated heterocycles. The largest absolute Gasteiger partial charge is 0.356 e. The Morgan fingerprint density at radius 3 is 2.32 bits per heavy atom. The van der Waals surface area contributed by atoms with Gasteiger partial charge in [0.25, 0.3) is 0 Å². The molecule has 0 N–H and O–H groups in total. The number of rotatable bonds is 3. The van der Waals surface area contributed by atoms with Crippen LogP contribution in [0.2, 0.25) is 0 Å². The van der Waals surface area contributed by atoms with Crippen LogP contribution in [0.15, 0.2) is 55.0 Å². The number of imidazole rings is 1. The van der Waals surface area contributed by atoms with E-state index in [1.54, 1.807) is 4.68 Å². The predicted octanol–water partition coefficient (Wildman–Crippen LogP) is 4.01. The number of piperidine rings is 1. The first-order valence-corrected chi connectivity index (χ1v) is 10.3. The van der Waals surface area contributed by atoms with Crippen molar-refractivity contribution in [2.45, 2.75) is 12.8 Å². The molecule has 0 bridgehead atoms. The number of anilines is 1. The van der Waals surface area contributed by atoms with E-state index < -0.39 is 0 Å². The van der Waals surface area contributed by atoms with Crippen LogP contribution in [0.25, 0.3) is 28.0 Å². The quantitative estimate of drug-likeness (QED) is 0.512. The Kier molecular flexibility index (Phi) is 4.65. The zero-order valence-electron chi connectivity index (χ0n) is 17.2. The molecule has 1 aliphatic rings. The van der Waals surface area contributed by atoms with Crippen molar-refractivity contribution in [2.24, 2.45) is 13.0 Å². The first kappa shape index (κ1) is 18.9. The summed E-state index contributed by atoms with van der Waals surface area (Å²) in [4.78, 5) is 6.82. The van der Waals surface area contributed by atoms with E-state index in [2.05, 4.69) is 55.8 Å². The molecular weight excluding hydrogens is 386 g/mol. The van der Waals surface area contributed by atoms with Crippen molar-refractivity contribution in [1.82, 2.24) is 19.2 Å². The number of aryl methyl sites for hydroxylation is 1. The molecule has 1 aromatic carbocycles. The van der Waals surface area contributed by atoms with E-state index >= 15 is 0 Å². The number of nitrogens with zero attached hydrogens (tertiary/aromatic N) is 7. The van der Waals surface area contributed by atoms with E-state index in [1.165, 1.54) is 0 Å². The van der Waals surface area contributed by atoms with E-state index in [1.807, 2.05) is 37.8 Å². The monoisotopic (exact) mass is 407 g/mol. The van der Waals surface area contributed by atoms with Crippen LogP contribution < -0.4 is 4.90 Å². The summed E-state index contributed by atoms with van der Waals surface area (Å²) >= 11 is 0. The number of benzene rings is 1. The highest BCUT2D eigenvalue weighted by Gasteiger charge is 2.24. The number of fused-ring (bicyclic) bond motifs is 1. The van der Waals surface area contributed by atoms with Gasteiger partial charge in [0, 0.05) is 43.4 Å². The molecule has 0 radical (unpaired) electrons. The Hall–Kier alpha value is -4.10. The van der Waals surface area contributed by atoms with Gasteiger partial charge in [0.1, 0.15) is 17.5 Å². The number of nitriles is 2. The molecular formula is C24H21N7. The maximum absolute atomic E-state index is 9.80. The molecule has 4 aromatic rings. The standard InChI is InChI=1S/C24H21N7/c1-29-16-21(14-28-29)18-2-4-19(5-3-18)22-15-27-23-7-6-20(13-26)24(31(22)23)30-10-8-17(12-25)9-11-30/h2-7,14-17H,8-11H2,1H3. The molecule has 0 aliphatic carbocycles. The minimum atomic E-state index is 0.0864. The van der Waals surface area contributed by atoms with Gasteiger partial charge in [0.05, 0.1) is 29.7 Å². The zero-order valence-corrected chi connectivity index (χ0v) is 17.2. The SMILES string of the molecule is Cn1cc(-c2ccc(-c3cnc4ccc(C#N)c(N5CCC(C#N)CC5)n34)cc2)cn1. The fraction of sp³-hybridized carbons (Fsp3) is 0.250. The predicted molar refractivity (Wildman–Crippen MR) is 118 cm³/mol. The smallest absolute Gasteiger partial charge is 0.138 e. The Bertz CT molecular complexity index is 1320. The zero-order chi connectivity index (χ0) is 21.4. The molecule has 31 heavy (non-hydrogen) atoms. The van der Waals surface area contributed by atoms with E-state index in [4.69, 9.17) is 0 Å². The van der Waals surface area contributed by atoms with Gasteiger partial charge in [-0.05, 0) is 30.5 Å². The minimum Gasteiger partial charge on any atom is -0.356 e. The Morgan fingerprint density at radius 2 is 1.68 bits per heavy atom. The van der Waals surface area contributed by atoms with Gasteiger partial charge < -0.3 is 4.90 Å². The summed E-state index contributed by atoms with van der Waals surface area (Å²) < 4.78 is 3.86. The highest BCUT2D eigenvalue weighted by molar-refractivity contribution is 5.73. The molecule has 0 unspecified atom stereocenters. The first-order valence-electron chi connectivity index (χ1n) is 10.3. The van der Waals surface area contributed by atoms with Crippen molar-refractivity contribution >= 4 is 11.5 Å². The number of aromatic nitrogens is 4. The van der Waals surface area contributed by atoms with Crippen LogP contribution in [-0.4, -0.2) is 32.3 Å². The van der Waals surface area contributed by atoms with E-state index in [9.17, 15) is 10.5 Å². The molecule has 1 fully saturated rings. The topological polar surface area (TPSA) is 85.9 Å². The van der Waals surface area contributed by atoms with Gasteiger partial charge in [-0.2, -0.15) is 15.6 Å². The van der Waals surface area contributed by atoms with Gasteiger partial charge >= 0.3 is 0 Å². The lowest BCUT2D eigenvalue weighted by Crippen LogP contribution is -2.35. The first-order chi connectivity index (χ1) is 15.2. The average Bonchev–Trinajstić information content (AvgIpc) is 3.45. The van der Waals surface area contributed by atoms with Crippen molar-refractivity contribution in [3.8, 4) is 34.5 Å². The summed E-state index contributed by atoms with van der Waals surface area (Å²) in [5, 5.41) is 23.3. The van der Waals surface area contributed by atoms with Crippen LogP contribution in [0.5, 0.6) is 0 Å². The third kappa shape index (κ3) is 3.31. The second kappa shape index (κ2) is 7.62. The molecule has 0 saturated carbocycles. The van der Waals surface area contributed by atoms with Crippen LogP contribution in [0.3, 0.4) is 0 Å². The highest BCUT2D eigenvalue weighted by Crippen LogP contribution is 2.32. The van der Waals surface area contributed by atoms with Crippen LogP contribution in [0.1, 0.15) is 18.4 Å². The molecule has 7 nitrogen and oxygen atoms in total. The number of hydrogen-bond acceptors (Lipinski definition) is 5. The Morgan fingerprint density at radius 1 is 0.935 bits per heavy atom. The summed E-state index contributed by atoms with van der Waals surface area (Å²) in [5.41, 5.74) is 5.57. The molecule has 0 spiro atoms. The van der Waals surface area contributed by atoms with Crippen LogP contribution in [0, 0.1) is 28.6 Å². The lowest BCUT2D eigenvalue weighted by Gasteiger charge is -2.32. The normalized spacial score (nSPS) is 14.5. The van der Waals surface area contributed by atoms with Crippen LogP contribution in [-0.2, 0) is 7.05 Å². The summed E-state index contributed by atoms with van der Waals surface area (Å²) in [6, 6.07) is 16.8. The second-order valence-corrected chi connectivity index (χ2v) is 7.89. The van der Waals surface area contributed by atoms with Gasteiger partial charge in [-0.3, -0.25) is 9.08 Å². The Labute approximate surface area is 180 Å². The maximum atomic E-state index is 9.80. The summed E-state index contributed by atoms with van der Waals surface area (Å²) in [5.74, 6) is 0.948. The van der Waals surface area contributed by atoms with Crippen molar-refractivity contribution < 1.29 is 0 Å². The highest BCUT2D eigenvalue weighted by atomic mass is 15.2. The van der Waals surface area contributed by atoms with Crippen molar-refractivity contribution in [2.75, 3.05) is 18.0 Å². The van der Waals surface area contributed by atoms with Crippen LogP contribution >= 0.6 is 0 Å². The van der Waals surface area contributed by atoms with E-state index in [0.29, 0.717) is 5.56 Å².